The maximum Gasteiger partial charge on any atom is 0.236 e. The van der Waals surface area contributed by atoms with E-state index in [2.05, 4.69) is 10.3 Å². The molecule has 3 rings (SSSR count). The maximum absolute atomic E-state index is 12.2. The summed E-state index contributed by atoms with van der Waals surface area (Å²) in [6, 6.07) is 13.1. The number of methoxy groups -OCH3 is 3. The Morgan fingerprint density at radius 1 is 1.04 bits per heavy atom. The summed E-state index contributed by atoms with van der Waals surface area (Å²) in [5.41, 5.74) is 1.58. The lowest BCUT2D eigenvalue weighted by atomic mass is 10.1. The van der Waals surface area contributed by atoms with Crippen LogP contribution in [0.3, 0.4) is 0 Å². The Hall–Kier alpha value is -2.71. The normalized spacial score (nSPS) is 10.4. The van der Waals surface area contributed by atoms with E-state index in [4.69, 9.17) is 14.2 Å². The highest BCUT2D eigenvalue weighted by atomic mass is 32.2. The number of thioether (sulfide) groups is 1. The van der Waals surface area contributed by atoms with Crippen molar-refractivity contribution >= 4 is 34.1 Å². The van der Waals surface area contributed by atoms with E-state index in [1.807, 2.05) is 41.8 Å². The van der Waals surface area contributed by atoms with Crippen molar-refractivity contribution in [3.8, 4) is 28.5 Å². The number of rotatable bonds is 8. The number of aromatic nitrogens is 1. The van der Waals surface area contributed by atoms with Crippen molar-refractivity contribution in [2.45, 2.75) is 4.90 Å². The van der Waals surface area contributed by atoms with Gasteiger partial charge in [0.25, 0.3) is 0 Å². The number of thiazole rings is 1. The molecule has 0 spiro atoms. The van der Waals surface area contributed by atoms with Gasteiger partial charge < -0.3 is 19.5 Å². The molecule has 0 aliphatic carbocycles. The van der Waals surface area contributed by atoms with Gasteiger partial charge in [-0.1, -0.05) is 0 Å². The maximum atomic E-state index is 12.2. The highest BCUT2D eigenvalue weighted by Crippen LogP contribution is 2.34. The number of anilines is 1. The Labute approximate surface area is 171 Å². The van der Waals surface area contributed by atoms with Crippen molar-refractivity contribution in [1.29, 1.82) is 0 Å². The molecule has 1 N–H and O–H groups in total. The van der Waals surface area contributed by atoms with Crippen molar-refractivity contribution in [3.05, 3.63) is 47.8 Å². The van der Waals surface area contributed by atoms with Gasteiger partial charge >= 0.3 is 0 Å². The molecule has 0 atom stereocenters. The minimum absolute atomic E-state index is 0.108. The molecule has 2 aromatic carbocycles. The van der Waals surface area contributed by atoms with Crippen LogP contribution < -0.4 is 19.5 Å². The number of nitrogens with one attached hydrogen (secondary N) is 1. The average Bonchev–Trinajstić information content (AvgIpc) is 3.20. The Bertz CT molecular complexity index is 942. The number of ether oxygens (including phenoxy) is 3. The van der Waals surface area contributed by atoms with Crippen LogP contribution in [0.5, 0.6) is 17.2 Å². The van der Waals surface area contributed by atoms with Gasteiger partial charge in [0.15, 0.2) is 5.13 Å². The van der Waals surface area contributed by atoms with Crippen molar-refractivity contribution in [3.63, 3.8) is 0 Å². The van der Waals surface area contributed by atoms with E-state index in [0.717, 1.165) is 21.9 Å². The first kappa shape index (κ1) is 20.0. The molecule has 0 radical (unpaired) electrons. The summed E-state index contributed by atoms with van der Waals surface area (Å²) < 4.78 is 15.8. The number of hydrogen-bond acceptors (Lipinski definition) is 7. The fourth-order valence-corrected chi connectivity index (χ4v) is 3.87. The van der Waals surface area contributed by atoms with Crippen LogP contribution in [-0.2, 0) is 4.79 Å². The van der Waals surface area contributed by atoms with E-state index in [9.17, 15) is 4.79 Å². The third kappa shape index (κ3) is 4.96. The van der Waals surface area contributed by atoms with E-state index in [0.29, 0.717) is 22.4 Å². The zero-order valence-corrected chi connectivity index (χ0v) is 17.4. The Balaban J connectivity index is 1.61. The van der Waals surface area contributed by atoms with Crippen molar-refractivity contribution < 1.29 is 19.0 Å². The molecule has 6 nitrogen and oxygen atoms in total. The molecular weight excluding hydrogens is 396 g/mol. The quantitative estimate of drug-likeness (QED) is 0.543. The molecule has 0 aliphatic heterocycles. The van der Waals surface area contributed by atoms with Crippen LogP contribution in [0.25, 0.3) is 11.3 Å². The molecule has 0 saturated carbocycles. The first-order valence-electron chi connectivity index (χ1n) is 8.37. The lowest BCUT2D eigenvalue weighted by molar-refractivity contribution is -0.113. The highest BCUT2D eigenvalue weighted by molar-refractivity contribution is 8.00. The first-order valence-corrected chi connectivity index (χ1v) is 10.2. The third-order valence-electron chi connectivity index (χ3n) is 3.86. The Morgan fingerprint density at radius 3 is 2.43 bits per heavy atom. The average molecular weight is 417 g/mol. The van der Waals surface area contributed by atoms with Crippen molar-refractivity contribution in [1.82, 2.24) is 4.98 Å². The standard InChI is InChI=1S/C20H20N2O4S2/c1-24-13-4-7-15(8-5-13)27-12-19(23)22-20-21-17(11-28-20)16-9-6-14(25-2)10-18(16)26-3/h4-11H,12H2,1-3H3,(H,21,22,23). The van der Waals surface area contributed by atoms with Gasteiger partial charge in [0, 0.05) is 21.9 Å². The number of amides is 1. The van der Waals surface area contributed by atoms with Crippen LogP contribution in [0.4, 0.5) is 5.13 Å². The lowest BCUT2D eigenvalue weighted by Gasteiger charge is -2.08. The molecule has 1 aromatic heterocycles. The molecule has 0 fully saturated rings. The van der Waals surface area contributed by atoms with Crippen LogP contribution in [0.1, 0.15) is 0 Å². The fraction of sp³-hybridized carbons (Fsp3) is 0.200. The Morgan fingerprint density at radius 2 is 1.75 bits per heavy atom. The topological polar surface area (TPSA) is 69.7 Å². The number of hydrogen-bond donors (Lipinski definition) is 1. The number of carbonyl (C=O) groups is 1. The van der Waals surface area contributed by atoms with Crippen LogP contribution in [0.15, 0.2) is 52.7 Å². The molecule has 0 bridgehead atoms. The second kappa shape index (κ2) is 9.48. The molecular formula is C20H20N2O4S2. The minimum atomic E-state index is -0.108. The summed E-state index contributed by atoms with van der Waals surface area (Å²) in [5.74, 6) is 2.35. The smallest absolute Gasteiger partial charge is 0.236 e. The second-order valence-electron chi connectivity index (χ2n) is 5.62. The van der Waals surface area contributed by atoms with Crippen LogP contribution in [0, 0.1) is 0 Å². The minimum Gasteiger partial charge on any atom is -0.497 e. The summed E-state index contributed by atoms with van der Waals surface area (Å²) in [7, 11) is 4.83. The van der Waals surface area contributed by atoms with Gasteiger partial charge in [-0.2, -0.15) is 0 Å². The summed E-state index contributed by atoms with van der Waals surface area (Å²) >= 11 is 2.83. The van der Waals surface area contributed by atoms with E-state index in [-0.39, 0.29) is 5.91 Å². The molecule has 3 aromatic rings. The van der Waals surface area contributed by atoms with Gasteiger partial charge in [-0.3, -0.25) is 4.79 Å². The fourth-order valence-electron chi connectivity index (χ4n) is 2.44. The molecule has 1 heterocycles. The van der Waals surface area contributed by atoms with Crippen molar-refractivity contribution in [2.75, 3.05) is 32.4 Å². The predicted molar refractivity (Wildman–Crippen MR) is 113 cm³/mol. The van der Waals surface area contributed by atoms with E-state index < -0.39 is 0 Å². The lowest BCUT2D eigenvalue weighted by Crippen LogP contribution is -2.13. The summed E-state index contributed by atoms with van der Waals surface area (Å²) in [6.45, 7) is 0. The van der Waals surface area contributed by atoms with E-state index in [1.54, 1.807) is 27.4 Å². The van der Waals surface area contributed by atoms with Crippen molar-refractivity contribution in [2.24, 2.45) is 0 Å². The van der Waals surface area contributed by atoms with E-state index in [1.165, 1.54) is 23.1 Å². The summed E-state index contributed by atoms with van der Waals surface area (Å²) in [6.07, 6.45) is 0. The van der Waals surface area contributed by atoms with Crippen LogP contribution in [0.2, 0.25) is 0 Å². The van der Waals surface area contributed by atoms with Gasteiger partial charge in [-0.05, 0) is 36.4 Å². The van der Waals surface area contributed by atoms with Gasteiger partial charge in [0.1, 0.15) is 17.2 Å². The first-order chi connectivity index (χ1) is 13.6. The van der Waals surface area contributed by atoms with Crippen LogP contribution >= 0.6 is 23.1 Å². The largest absolute Gasteiger partial charge is 0.497 e. The number of nitrogens with zero attached hydrogens (tertiary/aromatic N) is 1. The zero-order chi connectivity index (χ0) is 19.9. The van der Waals surface area contributed by atoms with Gasteiger partial charge in [-0.15, -0.1) is 23.1 Å². The second-order valence-corrected chi connectivity index (χ2v) is 7.52. The summed E-state index contributed by atoms with van der Waals surface area (Å²) in [4.78, 5) is 17.7. The predicted octanol–water partition coefficient (Wildman–Crippen LogP) is 4.57. The number of carbonyl (C=O) groups excluding carboxylic acids is 1. The third-order valence-corrected chi connectivity index (χ3v) is 5.63. The van der Waals surface area contributed by atoms with Gasteiger partial charge in [-0.25, -0.2) is 4.98 Å². The highest BCUT2D eigenvalue weighted by Gasteiger charge is 2.13. The monoisotopic (exact) mass is 416 g/mol. The van der Waals surface area contributed by atoms with Crippen LogP contribution in [-0.4, -0.2) is 38.0 Å². The Kier molecular flexibility index (Phi) is 6.78. The molecule has 8 heteroatoms. The SMILES string of the molecule is COc1ccc(SCC(=O)Nc2nc(-c3ccc(OC)cc3OC)cs2)cc1. The molecule has 0 saturated heterocycles. The molecule has 146 valence electrons. The molecule has 1 amide bonds. The molecule has 28 heavy (non-hydrogen) atoms. The number of benzene rings is 2. The van der Waals surface area contributed by atoms with Gasteiger partial charge in [0.05, 0.1) is 32.8 Å². The summed E-state index contributed by atoms with van der Waals surface area (Å²) in [5, 5.41) is 5.28. The molecule has 0 unspecified atom stereocenters. The van der Waals surface area contributed by atoms with Gasteiger partial charge in [0.2, 0.25) is 5.91 Å². The zero-order valence-electron chi connectivity index (χ0n) is 15.7. The van der Waals surface area contributed by atoms with E-state index >= 15 is 0 Å². The molecule has 0 aliphatic rings.